The van der Waals surface area contributed by atoms with Gasteiger partial charge in [-0.1, -0.05) is 42.0 Å². The van der Waals surface area contributed by atoms with Crippen LogP contribution in [0.3, 0.4) is 0 Å². The summed E-state index contributed by atoms with van der Waals surface area (Å²) in [6.45, 7) is 5.19. The van der Waals surface area contributed by atoms with Crippen molar-refractivity contribution in [3.8, 4) is 11.5 Å². The van der Waals surface area contributed by atoms with Crippen LogP contribution in [0.1, 0.15) is 35.2 Å². The van der Waals surface area contributed by atoms with Crippen LogP contribution >= 0.6 is 0 Å². The summed E-state index contributed by atoms with van der Waals surface area (Å²) in [7, 11) is 0. The molecule has 0 aliphatic carbocycles. The van der Waals surface area contributed by atoms with Crippen LogP contribution in [-0.4, -0.2) is 39.8 Å². The van der Waals surface area contributed by atoms with E-state index >= 15 is 0 Å². The number of rotatable bonds is 4. The number of oxazole rings is 1. The summed E-state index contributed by atoms with van der Waals surface area (Å²) in [5.74, 6) is 0.883. The number of nitrogens with zero attached hydrogens (tertiary/aromatic N) is 3. The van der Waals surface area contributed by atoms with Gasteiger partial charge in [-0.15, -0.1) is 0 Å². The van der Waals surface area contributed by atoms with E-state index in [0.717, 1.165) is 50.2 Å². The normalized spacial score (nSPS) is 19.1. The molecule has 0 saturated carbocycles. The van der Waals surface area contributed by atoms with E-state index in [9.17, 15) is 4.79 Å². The molecule has 1 atom stereocenters. The van der Waals surface area contributed by atoms with Crippen molar-refractivity contribution in [2.45, 2.75) is 45.3 Å². The van der Waals surface area contributed by atoms with E-state index in [0.29, 0.717) is 12.4 Å². The number of carbonyl (C=O) groups is 1. The van der Waals surface area contributed by atoms with Crippen LogP contribution in [0, 0.1) is 6.92 Å². The second kappa shape index (κ2) is 8.07. The van der Waals surface area contributed by atoms with Crippen LogP contribution in [0.25, 0.3) is 11.5 Å². The van der Waals surface area contributed by atoms with Crippen molar-refractivity contribution in [2.24, 2.45) is 0 Å². The van der Waals surface area contributed by atoms with E-state index in [-0.39, 0.29) is 11.9 Å². The fraction of sp³-hybridized carbons (Fsp3) is 0.360. The van der Waals surface area contributed by atoms with Crippen molar-refractivity contribution in [3.05, 3.63) is 77.2 Å². The highest BCUT2D eigenvalue weighted by Crippen LogP contribution is 2.28. The molecule has 1 aromatic heterocycles. The number of fused-ring (bicyclic) bond motifs is 1. The van der Waals surface area contributed by atoms with Crippen molar-refractivity contribution >= 4 is 5.91 Å². The second-order valence-electron chi connectivity index (χ2n) is 8.44. The highest BCUT2D eigenvalue weighted by Gasteiger charge is 2.35. The Morgan fingerprint density at radius 3 is 2.57 bits per heavy atom. The third-order valence-electron chi connectivity index (χ3n) is 6.26. The first-order valence-corrected chi connectivity index (χ1v) is 10.8. The van der Waals surface area contributed by atoms with Gasteiger partial charge in [0.1, 0.15) is 6.26 Å². The fourth-order valence-corrected chi connectivity index (χ4v) is 4.55. The number of hydrogen-bond donors (Lipinski definition) is 0. The number of likely N-dealkylation sites (tertiary alicyclic amines) is 1. The van der Waals surface area contributed by atoms with Crippen molar-refractivity contribution in [1.29, 1.82) is 0 Å². The van der Waals surface area contributed by atoms with E-state index in [1.165, 1.54) is 16.7 Å². The van der Waals surface area contributed by atoms with Gasteiger partial charge in [-0.3, -0.25) is 9.69 Å². The van der Waals surface area contributed by atoms with Gasteiger partial charge >= 0.3 is 0 Å². The molecule has 0 radical (unpaired) electrons. The molecule has 0 unspecified atom stereocenters. The number of carbonyl (C=O) groups excluding carboxylic acids is 1. The summed E-state index contributed by atoms with van der Waals surface area (Å²) in [5.41, 5.74) is 5.63. The van der Waals surface area contributed by atoms with Crippen LogP contribution in [0.2, 0.25) is 0 Å². The molecule has 1 amide bonds. The molecule has 1 fully saturated rings. The minimum atomic E-state index is -0.141. The lowest BCUT2D eigenvalue weighted by atomic mass is 9.93. The molecule has 30 heavy (non-hydrogen) atoms. The van der Waals surface area contributed by atoms with E-state index < -0.39 is 0 Å². The molecule has 3 heterocycles. The highest BCUT2D eigenvalue weighted by molar-refractivity contribution is 5.83. The first-order valence-electron chi connectivity index (χ1n) is 10.8. The molecule has 0 bridgehead atoms. The van der Waals surface area contributed by atoms with Gasteiger partial charge in [-0.05, 0) is 49.4 Å². The number of hydrogen-bond acceptors (Lipinski definition) is 4. The lowest BCUT2D eigenvalue weighted by molar-refractivity contribution is -0.136. The summed E-state index contributed by atoms with van der Waals surface area (Å²) in [6.07, 6.45) is 4.71. The largest absolute Gasteiger partial charge is 0.444 e. The van der Waals surface area contributed by atoms with Crippen LogP contribution in [0.4, 0.5) is 0 Å². The zero-order valence-corrected chi connectivity index (χ0v) is 17.4. The van der Waals surface area contributed by atoms with E-state index in [1.807, 2.05) is 17.0 Å². The van der Waals surface area contributed by atoms with Gasteiger partial charge in [0.2, 0.25) is 11.8 Å². The topological polar surface area (TPSA) is 49.6 Å². The quantitative estimate of drug-likeness (QED) is 0.657. The van der Waals surface area contributed by atoms with Crippen molar-refractivity contribution in [1.82, 2.24) is 14.8 Å². The average molecular weight is 402 g/mol. The van der Waals surface area contributed by atoms with Crippen molar-refractivity contribution in [2.75, 3.05) is 13.1 Å². The van der Waals surface area contributed by atoms with Crippen LogP contribution in [0.15, 0.2) is 59.2 Å². The molecule has 1 saturated heterocycles. The number of amides is 1. The Balaban J connectivity index is 1.39. The summed E-state index contributed by atoms with van der Waals surface area (Å²) in [5, 5.41) is 0. The Bertz CT molecular complexity index is 1030. The third kappa shape index (κ3) is 3.77. The molecule has 2 aliphatic rings. The Morgan fingerprint density at radius 1 is 1.07 bits per heavy atom. The third-order valence-corrected chi connectivity index (χ3v) is 6.26. The number of benzene rings is 2. The first-order chi connectivity index (χ1) is 14.7. The number of aryl methyl sites for hydroxylation is 1. The Hall–Kier alpha value is -2.92. The molecule has 5 nitrogen and oxygen atoms in total. The smallest absolute Gasteiger partial charge is 0.240 e. The molecular weight excluding hydrogens is 374 g/mol. The van der Waals surface area contributed by atoms with Crippen molar-refractivity contribution in [3.63, 3.8) is 0 Å². The molecule has 5 heteroatoms. The lowest BCUT2D eigenvalue weighted by Crippen LogP contribution is -2.50. The molecule has 3 aromatic rings. The fourth-order valence-electron chi connectivity index (χ4n) is 4.55. The zero-order valence-electron chi connectivity index (χ0n) is 17.4. The van der Waals surface area contributed by atoms with Gasteiger partial charge in [-0.25, -0.2) is 4.98 Å². The lowest BCUT2D eigenvalue weighted by Gasteiger charge is -2.37. The van der Waals surface area contributed by atoms with Gasteiger partial charge in [0.15, 0.2) is 0 Å². The summed E-state index contributed by atoms with van der Waals surface area (Å²) < 4.78 is 5.76. The van der Waals surface area contributed by atoms with Crippen LogP contribution < -0.4 is 0 Å². The molecule has 0 spiro atoms. The maximum Gasteiger partial charge on any atom is 0.240 e. The van der Waals surface area contributed by atoms with Crippen LogP contribution in [-0.2, 0) is 24.3 Å². The maximum absolute atomic E-state index is 13.3. The van der Waals surface area contributed by atoms with Gasteiger partial charge in [0.25, 0.3) is 0 Å². The van der Waals surface area contributed by atoms with Gasteiger partial charge in [0.05, 0.1) is 11.7 Å². The average Bonchev–Trinajstić information content (AvgIpc) is 3.46. The number of aromatic nitrogens is 1. The Labute approximate surface area is 177 Å². The molecule has 2 aromatic carbocycles. The summed E-state index contributed by atoms with van der Waals surface area (Å²) in [4.78, 5) is 22.3. The monoisotopic (exact) mass is 401 g/mol. The van der Waals surface area contributed by atoms with Gasteiger partial charge in [-0.2, -0.15) is 0 Å². The van der Waals surface area contributed by atoms with E-state index in [1.54, 1.807) is 6.26 Å². The minimum Gasteiger partial charge on any atom is -0.444 e. The second-order valence-corrected chi connectivity index (χ2v) is 8.44. The summed E-state index contributed by atoms with van der Waals surface area (Å²) in [6, 6.07) is 16.5. The van der Waals surface area contributed by atoms with Gasteiger partial charge in [0, 0.05) is 31.7 Å². The van der Waals surface area contributed by atoms with E-state index in [4.69, 9.17) is 9.40 Å². The standard InChI is InChI=1S/C25H27N3O2/c1-18-8-10-19(11-9-18)24-26-22(17-30-24)16-28-15-21-7-3-2-6-20(21)14-23(28)25(29)27-12-4-5-13-27/h2-3,6-11,17,23H,4-5,12-16H2,1H3/t23-/m1/s1. The molecule has 2 aliphatic heterocycles. The molecule has 0 N–H and O–H groups in total. The highest BCUT2D eigenvalue weighted by atomic mass is 16.3. The SMILES string of the molecule is Cc1ccc(-c2nc(CN3Cc4ccccc4C[C@@H]3C(=O)N3CCCC3)co2)cc1. The summed E-state index contributed by atoms with van der Waals surface area (Å²) >= 11 is 0. The minimum absolute atomic E-state index is 0.141. The molecular formula is C25H27N3O2. The van der Waals surface area contributed by atoms with Gasteiger partial charge < -0.3 is 9.32 Å². The Morgan fingerprint density at radius 2 is 1.80 bits per heavy atom. The molecule has 154 valence electrons. The first kappa shape index (κ1) is 19.1. The van der Waals surface area contributed by atoms with Crippen LogP contribution in [0.5, 0.6) is 0 Å². The predicted molar refractivity (Wildman–Crippen MR) is 116 cm³/mol. The predicted octanol–water partition coefficient (Wildman–Crippen LogP) is 4.20. The van der Waals surface area contributed by atoms with Crippen molar-refractivity contribution < 1.29 is 9.21 Å². The zero-order chi connectivity index (χ0) is 20.5. The van der Waals surface area contributed by atoms with E-state index in [2.05, 4.69) is 48.2 Å². The maximum atomic E-state index is 13.3. The molecule has 5 rings (SSSR count). The Kier molecular flexibility index (Phi) is 5.13.